The maximum Gasteiger partial charge on any atom is 0.408 e. The van der Waals surface area contributed by atoms with E-state index in [2.05, 4.69) is 15.4 Å². The third-order valence-electron chi connectivity index (χ3n) is 4.18. The van der Waals surface area contributed by atoms with Crippen LogP contribution in [0.15, 0.2) is 40.9 Å². The number of hydrogen-bond donors (Lipinski definition) is 2. The van der Waals surface area contributed by atoms with Crippen molar-refractivity contribution < 1.29 is 22.7 Å². The van der Waals surface area contributed by atoms with Gasteiger partial charge in [-0.05, 0) is 39.2 Å². The molecule has 0 fully saturated rings. The van der Waals surface area contributed by atoms with Crippen molar-refractivity contribution in [1.82, 2.24) is 24.6 Å². The number of nitrogens with one attached hydrogen (secondary N) is 2. The normalized spacial score (nSPS) is 13.0. The molecule has 3 rings (SSSR count). The van der Waals surface area contributed by atoms with E-state index in [-0.39, 0.29) is 10.8 Å². The Hall–Kier alpha value is -2.64. The molecule has 10 nitrogen and oxygen atoms in total. The number of nitrogens with zero attached hydrogens (tertiary/aromatic N) is 3. The Kier molecular flexibility index (Phi) is 7.65. The van der Waals surface area contributed by atoms with E-state index in [0.29, 0.717) is 16.4 Å². The molecule has 2 N–H and O–H groups in total. The number of ether oxygens (including phenoxy) is 1. The highest BCUT2D eigenvalue weighted by molar-refractivity contribution is 7.98. The maximum absolute atomic E-state index is 12.8. The van der Waals surface area contributed by atoms with Crippen LogP contribution in [-0.4, -0.2) is 58.7 Å². The van der Waals surface area contributed by atoms with E-state index in [1.165, 1.54) is 16.3 Å². The van der Waals surface area contributed by atoms with Crippen LogP contribution in [0, 0.1) is 0 Å². The van der Waals surface area contributed by atoms with Gasteiger partial charge in [-0.15, -0.1) is 5.10 Å². The van der Waals surface area contributed by atoms with Crippen LogP contribution in [-0.2, 0) is 19.6 Å². The molecule has 2 heterocycles. The molecule has 1 atom stereocenters. The largest absolute Gasteiger partial charge is 0.444 e. The van der Waals surface area contributed by atoms with Crippen molar-refractivity contribution in [1.29, 1.82) is 0 Å². The molecular formula is C20H25N5O5S3. The average molecular weight is 512 g/mol. The van der Waals surface area contributed by atoms with Crippen molar-refractivity contribution in [3.8, 4) is 11.3 Å². The molecule has 2 amide bonds. The molecule has 33 heavy (non-hydrogen) atoms. The van der Waals surface area contributed by atoms with Gasteiger partial charge in [-0.1, -0.05) is 41.7 Å². The molecule has 2 aromatic heterocycles. The Labute approximate surface area is 200 Å². The highest BCUT2D eigenvalue weighted by Gasteiger charge is 2.30. The molecule has 0 saturated carbocycles. The fourth-order valence-electron chi connectivity index (χ4n) is 2.74. The summed E-state index contributed by atoms with van der Waals surface area (Å²) in [5.41, 5.74) is 0.768. The first-order valence-electron chi connectivity index (χ1n) is 9.95. The van der Waals surface area contributed by atoms with Crippen LogP contribution in [0.1, 0.15) is 27.2 Å². The lowest BCUT2D eigenvalue weighted by atomic mass is 10.2. The van der Waals surface area contributed by atoms with Crippen LogP contribution in [0.3, 0.4) is 0 Å². The summed E-state index contributed by atoms with van der Waals surface area (Å²) >= 11 is 2.30. The third-order valence-corrected chi connectivity index (χ3v) is 7.46. The van der Waals surface area contributed by atoms with Crippen LogP contribution < -0.4 is 10.0 Å². The Balaban J connectivity index is 1.75. The van der Waals surface area contributed by atoms with Crippen LogP contribution >= 0.6 is 23.1 Å². The smallest absolute Gasteiger partial charge is 0.408 e. The molecule has 3 aromatic rings. The fraction of sp³-hybridized carbons (Fsp3) is 0.400. The Morgan fingerprint density at radius 2 is 1.94 bits per heavy atom. The van der Waals surface area contributed by atoms with Gasteiger partial charge >= 0.3 is 6.09 Å². The minimum Gasteiger partial charge on any atom is -0.444 e. The van der Waals surface area contributed by atoms with Crippen molar-refractivity contribution in [2.45, 2.75) is 43.2 Å². The van der Waals surface area contributed by atoms with Crippen molar-refractivity contribution >= 4 is 50.1 Å². The molecule has 1 unspecified atom stereocenters. The molecule has 0 aliphatic carbocycles. The fourth-order valence-corrected chi connectivity index (χ4v) is 5.30. The summed E-state index contributed by atoms with van der Waals surface area (Å²) < 4.78 is 33.8. The standard InChI is InChI=1S/C20H25N5O5S3/c1-20(2,3)30-18(27)22-14(10-11-31-4)16(26)24-33(28,29)19-23-25-12-15(21-17(25)32-19)13-8-6-5-7-9-13/h5-9,12,14H,10-11H2,1-4H3,(H,22,27)(H,24,26). The van der Waals surface area contributed by atoms with Crippen molar-refractivity contribution in [2.24, 2.45) is 0 Å². The monoisotopic (exact) mass is 511 g/mol. The van der Waals surface area contributed by atoms with Gasteiger partial charge in [-0.25, -0.2) is 19.0 Å². The van der Waals surface area contributed by atoms with E-state index >= 15 is 0 Å². The van der Waals surface area contributed by atoms with Crippen LogP contribution in [0.5, 0.6) is 0 Å². The Bertz CT molecular complexity index is 1200. The first-order chi connectivity index (χ1) is 15.5. The number of carbonyl (C=O) groups is 2. The third kappa shape index (κ3) is 6.68. The van der Waals surface area contributed by atoms with Gasteiger partial charge in [0.2, 0.25) is 4.96 Å². The van der Waals surface area contributed by atoms with Gasteiger partial charge < -0.3 is 10.1 Å². The number of fused-ring (bicyclic) bond motifs is 1. The zero-order valence-electron chi connectivity index (χ0n) is 18.6. The summed E-state index contributed by atoms with van der Waals surface area (Å²) in [5, 5.41) is 6.51. The molecule has 0 radical (unpaired) electrons. The van der Waals surface area contributed by atoms with Gasteiger partial charge in [0.25, 0.3) is 20.3 Å². The molecule has 0 bridgehead atoms. The van der Waals surface area contributed by atoms with Gasteiger partial charge in [-0.2, -0.15) is 20.2 Å². The number of aromatic nitrogens is 3. The molecule has 178 valence electrons. The van der Waals surface area contributed by atoms with Crippen molar-refractivity contribution in [3.63, 3.8) is 0 Å². The van der Waals surface area contributed by atoms with Crippen LogP contribution in [0.4, 0.5) is 4.79 Å². The highest BCUT2D eigenvalue weighted by Crippen LogP contribution is 2.24. The Morgan fingerprint density at radius 3 is 2.55 bits per heavy atom. The van der Waals surface area contributed by atoms with E-state index in [1.54, 1.807) is 27.0 Å². The number of rotatable bonds is 8. The average Bonchev–Trinajstić information content (AvgIpc) is 3.30. The minimum atomic E-state index is -4.26. The topological polar surface area (TPSA) is 132 Å². The lowest BCUT2D eigenvalue weighted by molar-refractivity contribution is -0.121. The van der Waals surface area contributed by atoms with E-state index in [9.17, 15) is 18.0 Å². The zero-order chi connectivity index (χ0) is 24.2. The molecule has 1 aromatic carbocycles. The first-order valence-corrected chi connectivity index (χ1v) is 13.6. The minimum absolute atomic E-state index is 0.226. The van der Waals surface area contributed by atoms with Gasteiger partial charge in [-0.3, -0.25) is 4.79 Å². The summed E-state index contributed by atoms with van der Waals surface area (Å²) in [7, 11) is -4.26. The van der Waals surface area contributed by atoms with E-state index in [4.69, 9.17) is 4.74 Å². The van der Waals surface area contributed by atoms with Crippen molar-refractivity contribution in [2.75, 3.05) is 12.0 Å². The van der Waals surface area contributed by atoms with Crippen LogP contribution in [0.25, 0.3) is 16.2 Å². The number of alkyl carbamates (subject to hydrolysis) is 1. The summed E-state index contributed by atoms with van der Waals surface area (Å²) in [6.07, 6.45) is 2.88. The number of thioether (sulfide) groups is 1. The molecule has 0 aliphatic rings. The molecule has 13 heteroatoms. The first kappa shape index (κ1) is 25.0. The number of hydrogen-bond acceptors (Lipinski definition) is 9. The van der Waals surface area contributed by atoms with E-state index in [0.717, 1.165) is 16.9 Å². The maximum atomic E-state index is 12.8. The zero-order valence-corrected chi connectivity index (χ0v) is 21.0. The van der Waals surface area contributed by atoms with Gasteiger partial charge in [0.1, 0.15) is 11.6 Å². The number of sulfonamides is 1. The molecule has 0 spiro atoms. The van der Waals surface area contributed by atoms with Crippen LogP contribution in [0.2, 0.25) is 0 Å². The predicted molar refractivity (Wildman–Crippen MR) is 128 cm³/mol. The second-order valence-electron chi connectivity index (χ2n) is 8.04. The van der Waals surface area contributed by atoms with Crippen molar-refractivity contribution in [3.05, 3.63) is 36.5 Å². The van der Waals surface area contributed by atoms with E-state index < -0.39 is 33.7 Å². The summed E-state index contributed by atoms with van der Waals surface area (Å²) in [6.45, 7) is 5.07. The summed E-state index contributed by atoms with van der Waals surface area (Å²) in [4.78, 5) is 29.6. The second kappa shape index (κ2) is 10.1. The lowest BCUT2D eigenvalue weighted by Crippen LogP contribution is -2.49. The summed E-state index contributed by atoms with van der Waals surface area (Å²) in [5.74, 6) is -0.339. The predicted octanol–water partition coefficient (Wildman–Crippen LogP) is 2.91. The highest BCUT2D eigenvalue weighted by atomic mass is 32.2. The van der Waals surface area contributed by atoms with Gasteiger partial charge in [0.05, 0.1) is 11.9 Å². The van der Waals surface area contributed by atoms with E-state index in [1.807, 2.05) is 41.3 Å². The molecule has 0 saturated heterocycles. The summed E-state index contributed by atoms with van der Waals surface area (Å²) in [6, 6.07) is 8.32. The number of benzene rings is 1. The SMILES string of the molecule is CSCCC(NC(=O)OC(C)(C)C)C(=O)NS(=O)(=O)c1nn2cc(-c3ccccc3)nc2s1. The number of imidazole rings is 1. The lowest BCUT2D eigenvalue weighted by Gasteiger charge is -2.23. The van der Waals surface area contributed by atoms with Gasteiger partial charge in [0.15, 0.2) is 0 Å². The number of carbonyl (C=O) groups excluding carboxylic acids is 2. The molecule has 0 aliphatic heterocycles. The second-order valence-corrected chi connectivity index (χ2v) is 11.8. The number of amides is 2. The van der Waals surface area contributed by atoms with Gasteiger partial charge in [0, 0.05) is 5.56 Å². The molecular weight excluding hydrogens is 486 g/mol. The quantitative estimate of drug-likeness (QED) is 0.472. The Morgan fingerprint density at radius 1 is 1.24 bits per heavy atom.